The number of halogens is 2. The molecule has 22 nitrogen and oxygen atoms in total. The van der Waals surface area contributed by atoms with Crippen LogP contribution in [0.5, 0.6) is 11.5 Å². The van der Waals surface area contributed by atoms with Crippen molar-refractivity contribution in [2.75, 3.05) is 92.0 Å². The first-order valence-corrected chi connectivity index (χ1v) is 23.4. The number of aliphatic hydroxyl groups is 2. The predicted molar refractivity (Wildman–Crippen MR) is 247 cm³/mol. The molecule has 0 aliphatic carbocycles. The molecule has 0 atom stereocenters. The second kappa shape index (κ2) is 22.7. The molecule has 0 aliphatic rings. The van der Waals surface area contributed by atoms with E-state index in [-0.39, 0.29) is 78.3 Å². The first-order chi connectivity index (χ1) is 31.9. The van der Waals surface area contributed by atoms with Gasteiger partial charge in [0, 0.05) is 51.4 Å². The van der Waals surface area contributed by atoms with Gasteiger partial charge in [0.1, 0.15) is 44.3 Å². The minimum Gasteiger partial charge on any atom is -0.494 e. The Morgan fingerprint density at radius 1 is 0.582 bits per heavy atom. The molecule has 0 saturated carbocycles. The number of anilines is 7. The maximum absolute atomic E-state index is 14.3. The number of hydrogen-bond donors (Lipinski definition) is 6. The molecular formula is C41H50F2N12O10S2. The molecule has 4 aromatic carbocycles. The van der Waals surface area contributed by atoms with Crippen molar-refractivity contribution in [2.24, 2.45) is 20.5 Å². The summed E-state index contributed by atoms with van der Waals surface area (Å²) in [5, 5.41) is 43.2. The number of aliphatic hydroxyl groups excluding tert-OH is 2. The zero-order chi connectivity index (χ0) is 49.1. The number of methoxy groups -OCH3 is 2. The zero-order valence-electron chi connectivity index (χ0n) is 37.2. The van der Waals surface area contributed by atoms with Crippen molar-refractivity contribution < 1.29 is 54.4 Å². The lowest BCUT2D eigenvalue weighted by Crippen LogP contribution is -2.31. The summed E-state index contributed by atoms with van der Waals surface area (Å²) in [6, 6.07) is 12.0. The molecular weight excluding hydrogens is 923 g/mol. The van der Waals surface area contributed by atoms with E-state index in [0.717, 1.165) is 36.4 Å². The third kappa shape index (κ3) is 12.8. The molecule has 0 unspecified atom stereocenters. The van der Waals surface area contributed by atoms with E-state index in [0.29, 0.717) is 49.1 Å². The molecule has 1 heterocycles. The molecule has 0 spiro atoms. The highest BCUT2D eigenvalue weighted by atomic mass is 32.2. The Kier molecular flexibility index (Phi) is 17.3. The maximum Gasteiger partial charge on any atom is 0.297 e. The molecule has 0 aliphatic heterocycles. The first kappa shape index (κ1) is 51.3. The highest BCUT2D eigenvalue weighted by Gasteiger charge is 2.22. The number of aromatic nitrogens is 3. The van der Waals surface area contributed by atoms with E-state index in [9.17, 15) is 44.9 Å². The van der Waals surface area contributed by atoms with Crippen LogP contribution in [0, 0.1) is 11.6 Å². The summed E-state index contributed by atoms with van der Waals surface area (Å²) in [5.41, 5.74) is 1.64. The third-order valence-corrected chi connectivity index (χ3v) is 11.6. The van der Waals surface area contributed by atoms with Gasteiger partial charge in [-0.25, -0.2) is 8.78 Å². The SMILES string of the molecule is CCN(CC)c1cc(Nc2nc(Nc3cc(N(CC)CC)c(OC)cc3N=Nc3ccc(F)c(S(=O)(=O)O)c3)nc(N(CCO)CCO)n2)c(N=Nc2ccc(F)c(S(=O)(=O)O)c2)cc1OC. The number of hydrogen-bond acceptors (Lipinski definition) is 20. The van der Waals surface area contributed by atoms with Gasteiger partial charge in [-0.2, -0.15) is 42.0 Å². The van der Waals surface area contributed by atoms with E-state index >= 15 is 0 Å². The maximum atomic E-state index is 14.3. The largest absolute Gasteiger partial charge is 0.494 e. The molecule has 0 fully saturated rings. The van der Waals surface area contributed by atoms with Crippen molar-refractivity contribution in [1.82, 2.24) is 15.0 Å². The van der Waals surface area contributed by atoms with Crippen LogP contribution in [-0.4, -0.2) is 118 Å². The van der Waals surface area contributed by atoms with Crippen LogP contribution in [0.1, 0.15) is 27.7 Å². The lowest BCUT2D eigenvalue weighted by Gasteiger charge is -2.25. The van der Waals surface area contributed by atoms with Crippen LogP contribution in [0.4, 0.5) is 72.1 Å². The van der Waals surface area contributed by atoms with Gasteiger partial charge in [0.25, 0.3) is 20.2 Å². The standard InChI is InChI=1S/C41H50F2N12O10S2/c1-7-53(8-2)33-21-29(31(23-35(33)64-5)51-49-25-11-13-27(42)37(19-25)66(58,59)60)44-39-46-40(48-41(47-39)55(15-17-56)16-18-57)45-30-22-34(54(9-3)10-4)36(65-6)24-32(30)52-50-26-12-14-28(43)38(20-26)67(61,62)63/h11-14,19-24,56-57H,7-10,15-18H2,1-6H3,(H,58,59,60)(H,61,62,63)(H2,44,45,46,47,48). The van der Waals surface area contributed by atoms with Crippen molar-refractivity contribution in [3.63, 3.8) is 0 Å². The first-order valence-electron chi connectivity index (χ1n) is 20.5. The van der Waals surface area contributed by atoms with Gasteiger partial charge in [-0.1, -0.05) is 0 Å². The number of ether oxygens (including phenoxy) is 2. The molecule has 360 valence electrons. The molecule has 0 radical (unpaired) electrons. The van der Waals surface area contributed by atoms with Gasteiger partial charge in [-0.15, -0.1) is 10.2 Å². The summed E-state index contributed by atoms with van der Waals surface area (Å²) < 4.78 is 107. The van der Waals surface area contributed by atoms with Gasteiger partial charge in [-0.05, 0) is 76.2 Å². The molecule has 5 rings (SSSR count). The highest BCUT2D eigenvalue weighted by Crippen LogP contribution is 2.43. The van der Waals surface area contributed by atoms with Gasteiger partial charge < -0.3 is 45.0 Å². The summed E-state index contributed by atoms with van der Waals surface area (Å²) in [6.45, 7) is 9.25. The molecule has 26 heteroatoms. The number of nitrogens with zero attached hydrogens (tertiary/aromatic N) is 10. The predicted octanol–water partition coefficient (Wildman–Crippen LogP) is 7.46. The Bertz CT molecular complexity index is 2650. The number of azo groups is 2. The smallest absolute Gasteiger partial charge is 0.297 e. The summed E-state index contributed by atoms with van der Waals surface area (Å²) in [4.78, 5) is 17.3. The van der Waals surface area contributed by atoms with Crippen LogP contribution in [0.25, 0.3) is 0 Å². The van der Waals surface area contributed by atoms with Gasteiger partial charge in [-0.3, -0.25) is 9.11 Å². The van der Waals surface area contributed by atoms with E-state index in [2.05, 4.69) is 46.0 Å². The summed E-state index contributed by atoms with van der Waals surface area (Å²) in [6.07, 6.45) is 0. The molecule has 6 N–H and O–H groups in total. The van der Waals surface area contributed by atoms with Crippen molar-refractivity contribution in [2.45, 2.75) is 37.5 Å². The van der Waals surface area contributed by atoms with E-state index < -0.39 is 41.7 Å². The second-order valence-corrected chi connectivity index (χ2v) is 16.8. The van der Waals surface area contributed by atoms with Gasteiger partial charge in [0.15, 0.2) is 0 Å². The lowest BCUT2D eigenvalue weighted by atomic mass is 10.2. The van der Waals surface area contributed by atoms with Crippen molar-refractivity contribution in [3.05, 3.63) is 72.3 Å². The van der Waals surface area contributed by atoms with Crippen LogP contribution in [0.15, 0.2) is 90.9 Å². The van der Waals surface area contributed by atoms with E-state index in [1.807, 2.05) is 37.5 Å². The number of benzene rings is 4. The Hall–Kier alpha value is -6.71. The van der Waals surface area contributed by atoms with Crippen LogP contribution in [-0.2, 0) is 20.2 Å². The summed E-state index contributed by atoms with van der Waals surface area (Å²) in [5.74, 6) is -1.89. The van der Waals surface area contributed by atoms with E-state index in [4.69, 9.17) is 9.47 Å². The third-order valence-electron chi connectivity index (χ3n) is 9.87. The quantitative estimate of drug-likeness (QED) is 0.0273. The fourth-order valence-electron chi connectivity index (χ4n) is 6.57. The zero-order valence-corrected chi connectivity index (χ0v) is 38.8. The van der Waals surface area contributed by atoms with Crippen LogP contribution in [0.2, 0.25) is 0 Å². The molecule has 0 amide bonds. The normalized spacial score (nSPS) is 11.9. The van der Waals surface area contributed by atoms with Crippen molar-refractivity contribution in [3.8, 4) is 11.5 Å². The lowest BCUT2D eigenvalue weighted by molar-refractivity contribution is 0.280. The molecule has 0 saturated heterocycles. The number of rotatable bonds is 23. The highest BCUT2D eigenvalue weighted by molar-refractivity contribution is 7.86. The topological polar surface area (TPSA) is 290 Å². The second-order valence-electron chi connectivity index (χ2n) is 14.0. The average molecular weight is 973 g/mol. The Labute approximate surface area is 385 Å². The minimum atomic E-state index is -4.94. The molecule has 67 heavy (non-hydrogen) atoms. The van der Waals surface area contributed by atoms with Gasteiger partial charge >= 0.3 is 0 Å². The minimum absolute atomic E-state index is 0.0158. The van der Waals surface area contributed by atoms with Gasteiger partial charge in [0.05, 0.1) is 61.6 Å². The monoisotopic (exact) mass is 972 g/mol. The Balaban J connectivity index is 1.72. The average Bonchev–Trinajstić information content (AvgIpc) is 3.29. The van der Waals surface area contributed by atoms with Gasteiger partial charge in [0.2, 0.25) is 17.8 Å². The molecule has 1 aromatic heterocycles. The summed E-state index contributed by atoms with van der Waals surface area (Å²) >= 11 is 0. The van der Waals surface area contributed by atoms with E-state index in [1.54, 1.807) is 24.3 Å². The Morgan fingerprint density at radius 3 is 1.30 bits per heavy atom. The summed E-state index contributed by atoms with van der Waals surface area (Å²) in [7, 11) is -6.98. The van der Waals surface area contributed by atoms with Crippen molar-refractivity contribution in [1.29, 1.82) is 0 Å². The van der Waals surface area contributed by atoms with Crippen molar-refractivity contribution >= 4 is 83.6 Å². The molecule has 0 bridgehead atoms. The fraction of sp³-hybridized carbons (Fsp3) is 0.341. The van der Waals surface area contributed by atoms with Crippen LogP contribution in [0.3, 0.4) is 0 Å². The van der Waals surface area contributed by atoms with Crippen LogP contribution >= 0.6 is 0 Å². The molecule has 5 aromatic rings. The van der Waals surface area contributed by atoms with E-state index in [1.165, 1.54) is 19.1 Å². The van der Waals surface area contributed by atoms with Crippen LogP contribution < -0.4 is 34.8 Å². The fourth-order valence-corrected chi connectivity index (χ4v) is 7.74. The Morgan fingerprint density at radius 2 is 0.970 bits per heavy atom. The number of nitrogens with one attached hydrogen (secondary N) is 2.